The zero-order valence-corrected chi connectivity index (χ0v) is 13.5. The maximum Gasteiger partial charge on any atom is 0.338 e. The molecule has 130 valence electrons. The van der Waals surface area contributed by atoms with E-state index in [1.54, 1.807) is 13.8 Å². The highest BCUT2D eigenvalue weighted by Gasteiger charge is 2.35. The van der Waals surface area contributed by atoms with Crippen LogP contribution in [-0.4, -0.2) is 37.4 Å². The highest BCUT2D eigenvalue weighted by Crippen LogP contribution is 2.38. The molecule has 1 aromatic heterocycles. The summed E-state index contributed by atoms with van der Waals surface area (Å²) in [4.78, 5) is 27.0. The molecule has 0 aliphatic carbocycles. The van der Waals surface area contributed by atoms with E-state index in [1.165, 1.54) is 29.2 Å². The molecule has 10 nitrogen and oxygen atoms in total. The molecule has 25 heavy (non-hydrogen) atoms. The van der Waals surface area contributed by atoms with Crippen LogP contribution in [0.15, 0.2) is 35.8 Å². The van der Waals surface area contributed by atoms with E-state index in [4.69, 9.17) is 4.74 Å². The molecule has 1 aliphatic heterocycles. The third-order valence-electron chi connectivity index (χ3n) is 3.80. The first-order valence-corrected chi connectivity index (χ1v) is 7.45. The standard InChI is InChI=1S/C15H15N5O5/c1-3-25-14(22)12-8(2)18-15-16-7-17-19(15)13(12)9-4-5-11(21)10(6-9)20(23)24/h4-7,13,21H,3H2,1-2H3,(H,16,17,18). The van der Waals surface area contributed by atoms with Gasteiger partial charge in [0.2, 0.25) is 5.95 Å². The van der Waals surface area contributed by atoms with Gasteiger partial charge in [0.1, 0.15) is 12.4 Å². The van der Waals surface area contributed by atoms with Crippen molar-refractivity contribution in [2.45, 2.75) is 19.9 Å². The van der Waals surface area contributed by atoms with Gasteiger partial charge in [-0.2, -0.15) is 10.1 Å². The van der Waals surface area contributed by atoms with E-state index in [0.29, 0.717) is 17.2 Å². The number of carbonyl (C=O) groups excluding carboxylic acids is 1. The monoisotopic (exact) mass is 345 g/mol. The van der Waals surface area contributed by atoms with Crippen LogP contribution < -0.4 is 5.32 Å². The van der Waals surface area contributed by atoms with Gasteiger partial charge >= 0.3 is 11.7 Å². The number of esters is 1. The minimum Gasteiger partial charge on any atom is -0.502 e. The van der Waals surface area contributed by atoms with Gasteiger partial charge in [-0.1, -0.05) is 6.07 Å². The molecule has 10 heteroatoms. The number of benzene rings is 1. The van der Waals surface area contributed by atoms with Gasteiger partial charge in [-0.25, -0.2) is 9.48 Å². The van der Waals surface area contributed by atoms with Gasteiger partial charge in [-0.05, 0) is 25.5 Å². The molecule has 0 saturated heterocycles. The first-order valence-electron chi connectivity index (χ1n) is 7.45. The SMILES string of the molecule is CCOC(=O)C1=C(C)Nc2ncnn2C1c1ccc(O)c([N+](=O)[O-])c1. The number of rotatable bonds is 4. The molecular formula is C15H15N5O5. The fourth-order valence-corrected chi connectivity index (χ4v) is 2.73. The predicted octanol–water partition coefficient (Wildman–Crippen LogP) is 1.74. The van der Waals surface area contributed by atoms with Crippen LogP contribution >= 0.6 is 0 Å². The van der Waals surface area contributed by atoms with Crippen LogP contribution in [0, 0.1) is 10.1 Å². The quantitative estimate of drug-likeness (QED) is 0.486. The summed E-state index contributed by atoms with van der Waals surface area (Å²) in [6.45, 7) is 3.56. The van der Waals surface area contributed by atoms with Crippen molar-refractivity contribution in [2.75, 3.05) is 11.9 Å². The number of phenols is 1. The number of allylic oxidation sites excluding steroid dienone is 1. The summed E-state index contributed by atoms with van der Waals surface area (Å²) in [5.41, 5.74) is 0.721. The zero-order valence-electron chi connectivity index (χ0n) is 13.5. The Bertz CT molecular complexity index is 888. The van der Waals surface area contributed by atoms with E-state index in [9.17, 15) is 20.0 Å². The fraction of sp³-hybridized carbons (Fsp3) is 0.267. The highest BCUT2D eigenvalue weighted by molar-refractivity contribution is 5.92. The Morgan fingerprint density at radius 1 is 1.52 bits per heavy atom. The summed E-state index contributed by atoms with van der Waals surface area (Å²) in [5.74, 6) is -0.625. The minimum absolute atomic E-state index is 0.183. The van der Waals surface area contributed by atoms with Crippen LogP contribution in [0.4, 0.5) is 11.6 Å². The molecule has 0 fully saturated rings. The van der Waals surface area contributed by atoms with Crippen molar-refractivity contribution >= 4 is 17.6 Å². The first-order chi connectivity index (χ1) is 11.9. The number of hydrogen-bond acceptors (Lipinski definition) is 8. The van der Waals surface area contributed by atoms with Crippen molar-refractivity contribution in [3.05, 3.63) is 51.5 Å². The number of aromatic hydroxyl groups is 1. The number of fused-ring (bicyclic) bond motifs is 1. The molecular weight excluding hydrogens is 330 g/mol. The average Bonchev–Trinajstić information content (AvgIpc) is 3.01. The van der Waals surface area contributed by atoms with Crippen LogP contribution in [-0.2, 0) is 9.53 Å². The summed E-state index contributed by atoms with van der Waals surface area (Å²) in [6, 6.07) is 3.15. The molecule has 0 saturated carbocycles. The Morgan fingerprint density at radius 2 is 2.28 bits per heavy atom. The highest BCUT2D eigenvalue weighted by atomic mass is 16.6. The topological polar surface area (TPSA) is 132 Å². The zero-order chi connectivity index (χ0) is 18.1. The Balaban J connectivity index is 2.18. The van der Waals surface area contributed by atoms with Gasteiger partial charge < -0.3 is 15.2 Å². The Morgan fingerprint density at radius 3 is 2.96 bits per heavy atom. The summed E-state index contributed by atoms with van der Waals surface area (Å²) >= 11 is 0. The molecule has 2 aromatic rings. The van der Waals surface area contributed by atoms with E-state index in [-0.39, 0.29) is 12.2 Å². The third-order valence-corrected chi connectivity index (χ3v) is 3.80. The maximum absolute atomic E-state index is 12.4. The van der Waals surface area contributed by atoms with Crippen LogP contribution in [0.2, 0.25) is 0 Å². The molecule has 1 aromatic carbocycles. The number of anilines is 1. The summed E-state index contributed by atoms with van der Waals surface area (Å²) in [6.07, 6.45) is 1.31. The second-order valence-electron chi connectivity index (χ2n) is 5.32. The number of ether oxygens (including phenoxy) is 1. The summed E-state index contributed by atoms with van der Waals surface area (Å²) < 4.78 is 6.55. The van der Waals surface area contributed by atoms with Gasteiger partial charge in [0.05, 0.1) is 17.1 Å². The molecule has 0 amide bonds. The number of nitro groups is 1. The number of hydrogen-bond donors (Lipinski definition) is 2. The fourth-order valence-electron chi connectivity index (χ4n) is 2.73. The van der Waals surface area contributed by atoms with Crippen LogP contribution in [0.5, 0.6) is 5.75 Å². The molecule has 2 N–H and O–H groups in total. The van der Waals surface area contributed by atoms with Gasteiger partial charge in [0.25, 0.3) is 0 Å². The Labute approximate surface area is 141 Å². The van der Waals surface area contributed by atoms with E-state index in [0.717, 1.165) is 0 Å². The number of carbonyl (C=O) groups is 1. The lowest BCUT2D eigenvalue weighted by Gasteiger charge is -2.28. The second kappa shape index (κ2) is 6.23. The van der Waals surface area contributed by atoms with E-state index in [1.807, 2.05) is 0 Å². The third kappa shape index (κ3) is 2.77. The predicted molar refractivity (Wildman–Crippen MR) is 85.9 cm³/mol. The van der Waals surface area contributed by atoms with Crippen molar-refractivity contribution in [2.24, 2.45) is 0 Å². The Kier molecular flexibility index (Phi) is 4.09. The largest absolute Gasteiger partial charge is 0.502 e. The normalized spacial score (nSPS) is 16.2. The number of nitro benzene ring substituents is 1. The molecule has 1 atom stereocenters. The van der Waals surface area contributed by atoms with E-state index in [2.05, 4.69) is 15.4 Å². The number of aromatic nitrogens is 3. The van der Waals surface area contributed by atoms with Gasteiger partial charge in [-0.15, -0.1) is 0 Å². The van der Waals surface area contributed by atoms with Crippen LogP contribution in [0.1, 0.15) is 25.5 Å². The smallest absolute Gasteiger partial charge is 0.338 e. The number of phenolic OH excluding ortho intramolecular Hbond substituents is 1. The molecule has 0 radical (unpaired) electrons. The molecule has 1 unspecified atom stereocenters. The van der Waals surface area contributed by atoms with E-state index >= 15 is 0 Å². The molecule has 2 heterocycles. The lowest BCUT2D eigenvalue weighted by Crippen LogP contribution is -2.29. The number of nitrogens with one attached hydrogen (secondary N) is 1. The molecule has 1 aliphatic rings. The van der Waals surface area contributed by atoms with Crippen LogP contribution in [0.25, 0.3) is 0 Å². The summed E-state index contributed by atoms with van der Waals surface area (Å²) in [5, 5.41) is 27.9. The van der Waals surface area contributed by atoms with E-state index < -0.39 is 28.4 Å². The van der Waals surface area contributed by atoms with Crippen molar-refractivity contribution in [3.63, 3.8) is 0 Å². The van der Waals surface area contributed by atoms with Crippen LogP contribution in [0.3, 0.4) is 0 Å². The maximum atomic E-state index is 12.4. The van der Waals surface area contributed by atoms with Crippen molar-refractivity contribution in [1.29, 1.82) is 0 Å². The van der Waals surface area contributed by atoms with Crippen molar-refractivity contribution in [3.8, 4) is 5.75 Å². The first kappa shape index (κ1) is 16.4. The van der Waals surface area contributed by atoms with Crippen molar-refractivity contribution < 1.29 is 19.6 Å². The minimum atomic E-state index is -0.767. The van der Waals surface area contributed by atoms with Crippen molar-refractivity contribution in [1.82, 2.24) is 14.8 Å². The van der Waals surface area contributed by atoms with Gasteiger partial charge in [0.15, 0.2) is 5.75 Å². The van der Waals surface area contributed by atoms with Gasteiger partial charge in [0, 0.05) is 11.8 Å². The summed E-state index contributed by atoms with van der Waals surface area (Å²) in [7, 11) is 0. The molecule has 3 rings (SSSR count). The Hall–Kier alpha value is -3.43. The molecule has 0 bridgehead atoms. The lowest BCUT2D eigenvalue weighted by atomic mass is 9.95. The molecule has 0 spiro atoms. The van der Waals surface area contributed by atoms with Gasteiger partial charge in [-0.3, -0.25) is 10.1 Å². The lowest BCUT2D eigenvalue weighted by molar-refractivity contribution is -0.385. The number of nitrogens with zero attached hydrogens (tertiary/aromatic N) is 4. The average molecular weight is 345 g/mol. The second-order valence-corrected chi connectivity index (χ2v) is 5.32.